The SMILES string of the molecule is CCCCc1ccc(/N=N/c2cc(OCC(CC)CCCC)c(/N=N/c3ccc(N(CC(CC)CCCC)CC(CC)CCCC)cc3C)cc2C)cc1. The lowest BCUT2D eigenvalue weighted by atomic mass is 9.95. The Hall–Kier alpha value is -3.54. The monoisotopic (exact) mass is 738 g/mol. The fourth-order valence-corrected chi connectivity index (χ4v) is 7.09. The molecule has 0 saturated heterocycles. The molecular formula is C48H75N5O. The summed E-state index contributed by atoms with van der Waals surface area (Å²) in [6.45, 7) is 23.2. The van der Waals surface area contributed by atoms with Crippen molar-refractivity contribution < 1.29 is 4.74 Å². The number of hydrogen-bond acceptors (Lipinski definition) is 6. The second-order valence-corrected chi connectivity index (χ2v) is 15.7. The van der Waals surface area contributed by atoms with Crippen molar-refractivity contribution in [2.75, 3.05) is 24.6 Å². The average Bonchev–Trinajstić information content (AvgIpc) is 3.19. The van der Waals surface area contributed by atoms with E-state index in [4.69, 9.17) is 15.0 Å². The van der Waals surface area contributed by atoms with Crippen LogP contribution in [-0.2, 0) is 6.42 Å². The molecule has 0 bridgehead atoms. The number of hydrogen-bond donors (Lipinski definition) is 0. The molecule has 3 rings (SSSR count). The summed E-state index contributed by atoms with van der Waals surface area (Å²) in [4.78, 5) is 2.67. The lowest BCUT2D eigenvalue weighted by Crippen LogP contribution is -2.34. The Balaban J connectivity index is 1.92. The predicted octanol–water partition coefficient (Wildman–Crippen LogP) is 16.3. The van der Waals surface area contributed by atoms with E-state index in [0.29, 0.717) is 30.1 Å². The summed E-state index contributed by atoms with van der Waals surface area (Å²) < 4.78 is 6.55. The van der Waals surface area contributed by atoms with E-state index in [0.717, 1.165) is 66.2 Å². The molecule has 3 unspecified atom stereocenters. The Labute approximate surface area is 330 Å². The molecular weight excluding hydrogens is 663 g/mol. The first-order chi connectivity index (χ1) is 26.3. The quantitative estimate of drug-likeness (QED) is 0.0731. The molecule has 3 aromatic carbocycles. The molecule has 0 radical (unpaired) electrons. The van der Waals surface area contributed by atoms with Gasteiger partial charge in [-0.15, -0.1) is 5.11 Å². The van der Waals surface area contributed by atoms with Gasteiger partial charge in [0.2, 0.25) is 0 Å². The van der Waals surface area contributed by atoms with Crippen molar-refractivity contribution >= 4 is 28.4 Å². The first-order valence-electron chi connectivity index (χ1n) is 21.8. The molecule has 0 aliphatic carbocycles. The van der Waals surface area contributed by atoms with Gasteiger partial charge in [-0.25, -0.2) is 0 Å². The van der Waals surface area contributed by atoms with E-state index in [2.05, 4.69) is 120 Å². The van der Waals surface area contributed by atoms with E-state index in [9.17, 15) is 0 Å². The maximum absolute atomic E-state index is 6.55. The predicted molar refractivity (Wildman–Crippen MR) is 233 cm³/mol. The standard InChI is InChI=1S/C48H75N5O/c1-10-17-21-39(14-5)34-53(35-40(15-6)22-18-11-2)44-29-30-45(37(8)31-44)50-52-47-32-38(9)46(33-48(47)54-36-41(16-7)23-19-12-3)51-49-43-27-25-42(26-28-43)24-20-13-4/h25-33,39-41H,10-24,34-36H2,1-9H3/b51-49+,52-50+. The fourth-order valence-electron chi connectivity index (χ4n) is 7.09. The van der Waals surface area contributed by atoms with E-state index in [1.54, 1.807) is 0 Å². The zero-order valence-corrected chi connectivity index (χ0v) is 35.8. The van der Waals surface area contributed by atoms with E-state index in [1.165, 1.54) is 88.3 Å². The second-order valence-electron chi connectivity index (χ2n) is 15.7. The third kappa shape index (κ3) is 15.3. The molecule has 0 heterocycles. The highest BCUT2D eigenvalue weighted by atomic mass is 16.5. The Kier molecular flexibility index (Phi) is 21.2. The fraction of sp³-hybridized carbons (Fsp3) is 0.625. The van der Waals surface area contributed by atoms with Crippen LogP contribution in [0.4, 0.5) is 28.4 Å². The summed E-state index contributed by atoms with van der Waals surface area (Å²) in [6, 6.07) is 19.2. The van der Waals surface area contributed by atoms with Crippen LogP contribution in [-0.4, -0.2) is 19.7 Å². The lowest BCUT2D eigenvalue weighted by molar-refractivity contribution is 0.234. The Morgan fingerprint density at radius 3 is 1.63 bits per heavy atom. The number of aryl methyl sites for hydroxylation is 3. The van der Waals surface area contributed by atoms with Crippen molar-refractivity contribution in [3.05, 3.63) is 71.3 Å². The highest BCUT2D eigenvalue weighted by Gasteiger charge is 2.19. The van der Waals surface area contributed by atoms with Gasteiger partial charge in [-0.1, -0.05) is 125 Å². The van der Waals surface area contributed by atoms with Gasteiger partial charge >= 0.3 is 0 Å². The Morgan fingerprint density at radius 2 is 1.07 bits per heavy atom. The zero-order valence-electron chi connectivity index (χ0n) is 35.8. The molecule has 0 aromatic heterocycles. The summed E-state index contributed by atoms with van der Waals surface area (Å²) in [7, 11) is 0. The molecule has 0 amide bonds. The van der Waals surface area contributed by atoms with Gasteiger partial charge in [-0.05, 0) is 117 Å². The molecule has 6 heteroatoms. The number of rotatable bonds is 27. The van der Waals surface area contributed by atoms with Gasteiger partial charge in [0, 0.05) is 24.8 Å². The van der Waals surface area contributed by atoms with Crippen molar-refractivity contribution in [2.45, 2.75) is 159 Å². The molecule has 3 aromatic rings. The highest BCUT2D eigenvalue weighted by molar-refractivity contribution is 5.64. The Morgan fingerprint density at radius 1 is 0.537 bits per heavy atom. The minimum atomic E-state index is 0.494. The highest BCUT2D eigenvalue weighted by Crippen LogP contribution is 2.38. The molecule has 6 nitrogen and oxygen atoms in total. The maximum Gasteiger partial charge on any atom is 0.149 e. The van der Waals surface area contributed by atoms with E-state index in [1.807, 2.05) is 12.1 Å². The molecule has 0 spiro atoms. The number of benzene rings is 3. The van der Waals surface area contributed by atoms with Crippen molar-refractivity contribution in [1.29, 1.82) is 0 Å². The number of azo groups is 2. The molecule has 0 saturated carbocycles. The molecule has 298 valence electrons. The smallest absolute Gasteiger partial charge is 0.149 e. The van der Waals surface area contributed by atoms with Gasteiger partial charge < -0.3 is 9.64 Å². The van der Waals surface area contributed by atoms with Gasteiger partial charge in [0.25, 0.3) is 0 Å². The van der Waals surface area contributed by atoms with Crippen molar-refractivity contribution in [2.24, 2.45) is 38.2 Å². The van der Waals surface area contributed by atoms with Crippen molar-refractivity contribution in [3.63, 3.8) is 0 Å². The topological polar surface area (TPSA) is 61.9 Å². The summed E-state index contributed by atoms with van der Waals surface area (Å²) in [5.74, 6) is 2.62. The largest absolute Gasteiger partial charge is 0.491 e. The van der Waals surface area contributed by atoms with Crippen LogP contribution in [0.2, 0.25) is 0 Å². The van der Waals surface area contributed by atoms with Gasteiger partial charge in [-0.2, -0.15) is 15.3 Å². The second kappa shape index (κ2) is 25.5. The minimum absolute atomic E-state index is 0.494. The molecule has 0 fully saturated rings. The van der Waals surface area contributed by atoms with Crippen LogP contribution in [0.3, 0.4) is 0 Å². The van der Waals surface area contributed by atoms with Gasteiger partial charge in [0.15, 0.2) is 0 Å². The summed E-state index contributed by atoms with van der Waals surface area (Å²) in [5, 5.41) is 18.9. The first-order valence-corrected chi connectivity index (χ1v) is 21.8. The number of anilines is 1. The summed E-state index contributed by atoms with van der Waals surface area (Å²) in [5.41, 5.74) is 8.02. The van der Waals surface area contributed by atoms with Crippen LogP contribution in [0, 0.1) is 31.6 Å². The molecule has 54 heavy (non-hydrogen) atoms. The van der Waals surface area contributed by atoms with Gasteiger partial charge in [0.1, 0.15) is 11.4 Å². The lowest BCUT2D eigenvalue weighted by Gasteiger charge is -2.33. The number of ether oxygens (including phenoxy) is 1. The third-order valence-corrected chi connectivity index (χ3v) is 11.2. The van der Waals surface area contributed by atoms with Crippen LogP contribution < -0.4 is 9.64 Å². The molecule has 0 aliphatic heterocycles. The van der Waals surface area contributed by atoms with Crippen LogP contribution >= 0.6 is 0 Å². The maximum atomic E-state index is 6.55. The van der Waals surface area contributed by atoms with Gasteiger partial charge in [0.05, 0.1) is 23.7 Å². The van der Waals surface area contributed by atoms with Crippen LogP contribution in [0.25, 0.3) is 0 Å². The number of nitrogens with zero attached hydrogens (tertiary/aromatic N) is 5. The van der Waals surface area contributed by atoms with Crippen molar-refractivity contribution in [1.82, 2.24) is 0 Å². The summed E-state index contributed by atoms with van der Waals surface area (Å²) in [6.07, 6.45) is 18.3. The van der Waals surface area contributed by atoms with Crippen LogP contribution in [0.1, 0.15) is 155 Å². The molecule has 0 N–H and O–H groups in total. The summed E-state index contributed by atoms with van der Waals surface area (Å²) >= 11 is 0. The average molecular weight is 738 g/mol. The first kappa shape index (κ1) is 44.9. The molecule has 3 atom stereocenters. The van der Waals surface area contributed by atoms with Crippen LogP contribution in [0.15, 0.2) is 75.1 Å². The van der Waals surface area contributed by atoms with Crippen molar-refractivity contribution in [3.8, 4) is 5.75 Å². The van der Waals surface area contributed by atoms with E-state index < -0.39 is 0 Å². The van der Waals surface area contributed by atoms with E-state index >= 15 is 0 Å². The minimum Gasteiger partial charge on any atom is -0.491 e. The number of unbranched alkanes of at least 4 members (excludes halogenated alkanes) is 4. The van der Waals surface area contributed by atoms with Gasteiger partial charge in [-0.3, -0.25) is 0 Å². The Bertz CT molecular complexity index is 1510. The van der Waals surface area contributed by atoms with Crippen LogP contribution in [0.5, 0.6) is 5.75 Å². The third-order valence-electron chi connectivity index (χ3n) is 11.2. The zero-order chi connectivity index (χ0) is 39.1. The normalized spacial score (nSPS) is 13.5. The molecule has 0 aliphatic rings. The van der Waals surface area contributed by atoms with E-state index in [-0.39, 0.29) is 0 Å².